The summed E-state index contributed by atoms with van der Waals surface area (Å²) in [7, 11) is 0. The van der Waals surface area contributed by atoms with Crippen LogP contribution in [0.25, 0.3) is 0 Å². The highest BCUT2D eigenvalue weighted by atomic mass is 16.2. The molecule has 3 rings (SSSR count). The van der Waals surface area contributed by atoms with Gasteiger partial charge in [0.05, 0.1) is 0 Å². The Balaban J connectivity index is 1.82. The summed E-state index contributed by atoms with van der Waals surface area (Å²) < 4.78 is 0. The molecule has 1 aliphatic rings. The quantitative estimate of drug-likeness (QED) is 0.822. The lowest BCUT2D eigenvalue weighted by Gasteiger charge is -2.22. The van der Waals surface area contributed by atoms with Gasteiger partial charge in [0.2, 0.25) is 0 Å². The van der Waals surface area contributed by atoms with Crippen LogP contribution in [-0.4, -0.2) is 17.9 Å². The number of fused-ring (bicyclic) bond motifs is 1. The molecule has 2 aromatic rings. The SMILES string of the molecule is Cc1ccccc1NC(=O)C(=O)N1c2ccccc2CC1C. The second kappa shape index (κ2) is 5.64. The van der Waals surface area contributed by atoms with Gasteiger partial charge in [-0.1, -0.05) is 36.4 Å². The summed E-state index contributed by atoms with van der Waals surface area (Å²) in [5.41, 5.74) is 3.53. The molecule has 0 spiro atoms. The topological polar surface area (TPSA) is 49.4 Å². The molecule has 22 heavy (non-hydrogen) atoms. The lowest BCUT2D eigenvalue weighted by Crippen LogP contribution is -2.43. The molecule has 1 N–H and O–H groups in total. The van der Waals surface area contributed by atoms with Gasteiger partial charge in [-0.05, 0) is 43.5 Å². The lowest BCUT2D eigenvalue weighted by atomic mass is 10.1. The monoisotopic (exact) mass is 294 g/mol. The molecule has 112 valence electrons. The summed E-state index contributed by atoms with van der Waals surface area (Å²) in [4.78, 5) is 26.4. The van der Waals surface area contributed by atoms with Crippen molar-refractivity contribution in [2.75, 3.05) is 10.2 Å². The molecule has 1 heterocycles. The summed E-state index contributed by atoms with van der Waals surface area (Å²) in [6, 6.07) is 15.1. The number of carbonyl (C=O) groups is 2. The summed E-state index contributed by atoms with van der Waals surface area (Å²) in [5.74, 6) is -1.11. The molecule has 1 atom stereocenters. The number of hydrogen-bond acceptors (Lipinski definition) is 2. The van der Waals surface area contributed by atoms with E-state index in [1.165, 1.54) is 0 Å². The number of amides is 2. The molecule has 0 bridgehead atoms. The van der Waals surface area contributed by atoms with Crippen LogP contribution < -0.4 is 10.2 Å². The number of rotatable bonds is 1. The van der Waals surface area contributed by atoms with Crippen LogP contribution in [0, 0.1) is 6.92 Å². The predicted octanol–water partition coefficient (Wildman–Crippen LogP) is 2.91. The molecule has 0 fully saturated rings. The summed E-state index contributed by atoms with van der Waals surface area (Å²) >= 11 is 0. The van der Waals surface area contributed by atoms with Crippen LogP contribution in [0.1, 0.15) is 18.1 Å². The second-order valence-corrected chi connectivity index (χ2v) is 5.63. The second-order valence-electron chi connectivity index (χ2n) is 5.63. The normalized spacial score (nSPS) is 16.3. The average Bonchev–Trinajstić information content (AvgIpc) is 2.84. The van der Waals surface area contributed by atoms with Crippen LogP contribution in [0.2, 0.25) is 0 Å². The third kappa shape index (κ3) is 2.48. The number of nitrogens with zero attached hydrogens (tertiary/aromatic N) is 1. The smallest absolute Gasteiger partial charge is 0.316 e. The molecule has 0 radical (unpaired) electrons. The minimum atomic E-state index is -0.599. The molecule has 1 unspecified atom stereocenters. The number of para-hydroxylation sites is 2. The Morgan fingerprint density at radius 2 is 1.77 bits per heavy atom. The average molecular weight is 294 g/mol. The van der Waals surface area contributed by atoms with Crippen molar-refractivity contribution in [3.63, 3.8) is 0 Å². The van der Waals surface area contributed by atoms with E-state index in [0.29, 0.717) is 5.69 Å². The zero-order valence-corrected chi connectivity index (χ0v) is 12.7. The first-order valence-electron chi connectivity index (χ1n) is 7.36. The lowest BCUT2D eigenvalue weighted by molar-refractivity contribution is -0.134. The summed E-state index contributed by atoms with van der Waals surface area (Å²) in [5, 5.41) is 2.71. The molecule has 2 amide bonds. The number of carbonyl (C=O) groups excluding carboxylic acids is 2. The van der Waals surface area contributed by atoms with Gasteiger partial charge >= 0.3 is 11.8 Å². The molecule has 0 saturated carbocycles. The first-order valence-corrected chi connectivity index (χ1v) is 7.36. The standard InChI is InChI=1S/C18H18N2O2/c1-12-7-3-5-9-15(12)19-17(21)18(22)20-13(2)11-14-8-4-6-10-16(14)20/h3-10,13H,11H2,1-2H3,(H,19,21). The van der Waals surface area contributed by atoms with Crippen molar-refractivity contribution in [3.05, 3.63) is 59.7 Å². The van der Waals surface area contributed by atoms with E-state index in [1.54, 1.807) is 11.0 Å². The molecule has 4 nitrogen and oxygen atoms in total. The molecule has 0 aliphatic carbocycles. The van der Waals surface area contributed by atoms with E-state index in [4.69, 9.17) is 0 Å². The van der Waals surface area contributed by atoms with Gasteiger partial charge in [-0.25, -0.2) is 0 Å². The van der Waals surface area contributed by atoms with E-state index in [1.807, 2.05) is 56.3 Å². The Morgan fingerprint density at radius 1 is 1.09 bits per heavy atom. The van der Waals surface area contributed by atoms with Crippen molar-refractivity contribution in [1.82, 2.24) is 0 Å². The fourth-order valence-electron chi connectivity index (χ4n) is 2.87. The zero-order valence-electron chi connectivity index (χ0n) is 12.7. The van der Waals surface area contributed by atoms with Gasteiger partial charge in [0.15, 0.2) is 0 Å². The van der Waals surface area contributed by atoms with Crippen molar-refractivity contribution in [2.45, 2.75) is 26.3 Å². The molecule has 2 aromatic carbocycles. The van der Waals surface area contributed by atoms with Crippen LogP contribution >= 0.6 is 0 Å². The Kier molecular flexibility index (Phi) is 3.67. The third-order valence-electron chi connectivity index (χ3n) is 4.01. The van der Waals surface area contributed by atoms with Gasteiger partial charge in [-0.15, -0.1) is 0 Å². The van der Waals surface area contributed by atoms with Crippen LogP contribution in [0.4, 0.5) is 11.4 Å². The zero-order chi connectivity index (χ0) is 15.7. The van der Waals surface area contributed by atoms with Crippen LogP contribution in [0.15, 0.2) is 48.5 Å². The van der Waals surface area contributed by atoms with Crippen molar-refractivity contribution < 1.29 is 9.59 Å². The van der Waals surface area contributed by atoms with Gasteiger partial charge in [0.25, 0.3) is 0 Å². The summed E-state index contributed by atoms with van der Waals surface area (Å²) in [6.07, 6.45) is 0.777. The fourth-order valence-corrected chi connectivity index (χ4v) is 2.87. The number of hydrogen-bond donors (Lipinski definition) is 1. The van der Waals surface area contributed by atoms with Gasteiger partial charge in [0, 0.05) is 17.4 Å². The molecular formula is C18H18N2O2. The van der Waals surface area contributed by atoms with Crippen molar-refractivity contribution in [1.29, 1.82) is 0 Å². The number of nitrogens with one attached hydrogen (secondary N) is 1. The van der Waals surface area contributed by atoms with Crippen molar-refractivity contribution in [2.24, 2.45) is 0 Å². The van der Waals surface area contributed by atoms with E-state index >= 15 is 0 Å². The number of aryl methyl sites for hydroxylation is 1. The van der Waals surface area contributed by atoms with E-state index in [0.717, 1.165) is 23.2 Å². The largest absolute Gasteiger partial charge is 0.318 e. The van der Waals surface area contributed by atoms with E-state index < -0.39 is 11.8 Å². The highest BCUT2D eigenvalue weighted by Gasteiger charge is 2.34. The molecule has 1 aliphatic heterocycles. The highest BCUT2D eigenvalue weighted by Crippen LogP contribution is 2.31. The van der Waals surface area contributed by atoms with E-state index in [-0.39, 0.29) is 6.04 Å². The molecule has 0 aromatic heterocycles. The molecular weight excluding hydrogens is 276 g/mol. The van der Waals surface area contributed by atoms with Crippen molar-refractivity contribution in [3.8, 4) is 0 Å². The maximum atomic E-state index is 12.5. The van der Waals surface area contributed by atoms with E-state index in [9.17, 15) is 9.59 Å². The summed E-state index contributed by atoms with van der Waals surface area (Å²) in [6.45, 7) is 3.85. The minimum absolute atomic E-state index is 0.00693. The Morgan fingerprint density at radius 3 is 2.55 bits per heavy atom. The highest BCUT2D eigenvalue weighted by molar-refractivity contribution is 6.44. The Hall–Kier alpha value is -2.62. The first kappa shape index (κ1) is 14.3. The maximum Gasteiger partial charge on any atom is 0.316 e. The Bertz CT molecular complexity index is 739. The third-order valence-corrected chi connectivity index (χ3v) is 4.01. The van der Waals surface area contributed by atoms with Crippen LogP contribution in [0.3, 0.4) is 0 Å². The van der Waals surface area contributed by atoms with E-state index in [2.05, 4.69) is 5.32 Å². The minimum Gasteiger partial charge on any atom is -0.318 e. The van der Waals surface area contributed by atoms with Crippen LogP contribution in [0.5, 0.6) is 0 Å². The first-order chi connectivity index (χ1) is 10.6. The molecule has 4 heteroatoms. The molecule has 0 saturated heterocycles. The van der Waals surface area contributed by atoms with Crippen LogP contribution in [-0.2, 0) is 16.0 Å². The fraction of sp³-hybridized carbons (Fsp3) is 0.222. The predicted molar refractivity (Wildman–Crippen MR) is 86.9 cm³/mol. The van der Waals surface area contributed by atoms with Gasteiger partial charge in [-0.2, -0.15) is 0 Å². The van der Waals surface area contributed by atoms with Gasteiger partial charge < -0.3 is 10.2 Å². The number of benzene rings is 2. The van der Waals surface area contributed by atoms with Gasteiger partial charge in [-0.3, -0.25) is 9.59 Å². The van der Waals surface area contributed by atoms with Gasteiger partial charge in [0.1, 0.15) is 0 Å². The van der Waals surface area contributed by atoms with Crippen molar-refractivity contribution >= 4 is 23.2 Å². The Labute approximate surface area is 129 Å². The maximum absolute atomic E-state index is 12.5. The number of anilines is 2.